The van der Waals surface area contributed by atoms with E-state index in [1.807, 2.05) is 30.3 Å². The van der Waals surface area contributed by atoms with Crippen molar-refractivity contribution >= 4 is 35.0 Å². The zero-order chi connectivity index (χ0) is 15.2. The van der Waals surface area contributed by atoms with Gasteiger partial charge in [0.2, 0.25) is 0 Å². The molecular formula is C17H19Cl2NS. The van der Waals surface area contributed by atoms with Gasteiger partial charge in [-0.3, -0.25) is 0 Å². The monoisotopic (exact) mass is 339 g/mol. The molecule has 0 fully saturated rings. The highest BCUT2D eigenvalue weighted by Crippen LogP contribution is 2.33. The van der Waals surface area contributed by atoms with E-state index in [4.69, 9.17) is 23.2 Å². The molecule has 0 saturated heterocycles. The highest BCUT2D eigenvalue weighted by atomic mass is 35.5. The van der Waals surface area contributed by atoms with Crippen LogP contribution in [0, 0.1) is 0 Å². The molecule has 1 nitrogen and oxygen atoms in total. The summed E-state index contributed by atoms with van der Waals surface area (Å²) in [5.74, 6) is 0. The van der Waals surface area contributed by atoms with Gasteiger partial charge in [0.1, 0.15) is 0 Å². The van der Waals surface area contributed by atoms with Crippen LogP contribution in [0.4, 0.5) is 0 Å². The lowest BCUT2D eigenvalue weighted by Gasteiger charge is -2.16. The molecule has 0 aliphatic rings. The van der Waals surface area contributed by atoms with Crippen molar-refractivity contribution in [3.05, 3.63) is 58.1 Å². The predicted molar refractivity (Wildman–Crippen MR) is 93.7 cm³/mol. The lowest BCUT2D eigenvalue weighted by atomic mass is 10.1. The summed E-state index contributed by atoms with van der Waals surface area (Å²) in [7, 11) is 0. The quantitative estimate of drug-likeness (QED) is 0.671. The highest BCUT2D eigenvalue weighted by Gasteiger charge is 2.10. The molecule has 0 aliphatic carbocycles. The Labute approximate surface area is 141 Å². The van der Waals surface area contributed by atoms with Gasteiger partial charge in [0, 0.05) is 25.9 Å². The normalized spacial score (nSPS) is 12.4. The van der Waals surface area contributed by atoms with Crippen LogP contribution in [0.1, 0.15) is 31.9 Å². The van der Waals surface area contributed by atoms with Gasteiger partial charge in [-0.2, -0.15) is 0 Å². The number of nitrogens with one attached hydrogen (secondary N) is 1. The van der Waals surface area contributed by atoms with Crippen molar-refractivity contribution in [2.24, 2.45) is 0 Å². The van der Waals surface area contributed by atoms with Gasteiger partial charge in [-0.1, -0.05) is 48.0 Å². The summed E-state index contributed by atoms with van der Waals surface area (Å²) in [6.45, 7) is 5.30. The highest BCUT2D eigenvalue weighted by molar-refractivity contribution is 7.99. The number of rotatable bonds is 6. The third-order valence-electron chi connectivity index (χ3n) is 3.19. The summed E-state index contributed by atoms with van der Waals surface area (Å²) in [5.41, 5.74) is 1.14. The van der Waals surface area contributed by atoms with Gasteiger partial charge < -0.3 is 5.32 Å². The van der Waals surface area contributed by atoms with E-state index in [2.05, 4.69) is 31.3 Å². The van der Waals surface area contributed by atoms with E-state index in [1.54, 1.807) is 11.8 Å². The second-order valence-corrected chi connectivity index (χ2v) is 6.91. The second kappa shape index (κ2) is 8.09. The first-order chi connectivity index (χ1) is 10.1. The van der Waals surface area contributed by atoms with Crippen molar-refractivity contribution in [2.45, 2.75) is 36.1 Å². The fraction of sp³-hybridized carbons (Fsp3) is 0.294. The van der Waals surface area contributed by atoms with Crippen LogP contribution in [-0.4, -0.2) is 6.54 Å². The summed E-state index contributed by atoms with van der Waals surface area (Å²) >= 11 is 14.0. The van der Waals surface area contributed by atoms with Gasteiger partial charge >= 0.3 is 0 Å². The molecule has 0 saturated carbocycles. The predicted octanol–water partition coefficient (Wildman–Crippen LogP) is 6.21. The molecule has 1 N–H and O–H groups in total. The first-order valence-electron chi connectivity index (χ1n) is 7.06. The van der Waals surface area contributed by atoms with Crippen LogP contribution in [0.15, 0.2) is 52.3 Å². The Morgan fingerprint density at radius 1 is 1.05 bits per heavy atom. The van der Waals surface area contributed by atoms with Crippen LogP contribution < -0.4 is 5.32 Å². The van der Waals surface area contributed by atoms with Crippen molar-refractivity contribution < 1.29 is 0 Å². The molecule has 0 aliphatic heterocycles. The van der Waals surface area contributed by atoms with Crippen molar-refractivity contribution in [1.29, 1.82) is 0 Å². The maximum Gasteiger partial charge on any atom is 0.0464 e. The minimum Gasteiger partial charge on any atom is -0.310 e. The zero-order valence-electron chi connectivity index (χ0n) is 12.2. The maximum atomic E-state index is 6.42. The minimum atomic E-state index is 0.270. The molecule has 2 aromatic rings. The molecule has 1 unspecified atom stereocenters. The third kappa shape index (κ3) is 4.93. The molecule has 0 radical (unpaired) electrons. The number of benzene rings is 2. The zero-order valence-corrected chi connectivity index (χ0v) is 14.5. The van der Waals surface area contributed by atoms with Crippen LogP contribution in [0.25, 0.3) is 0 Å². The van der Waals surface area contributed by atoms with Gasteiger partial charge in [-0.05, 0) is 61.9 Å². The van der Waals surface area contributed by atoms with E-state index in [9.17, 15) is 0 Å². The fourth-order valence-electron chi connectivity index (χ4n) is 2.03. The molecule has 0 heterocycles. The average Bonchev–Trinajstić information content (AvgIpc) is 2.47. The summed E-state index contributed by atoms with van der Waals surface area (Å²) in [6, 6.07) is 14.3. The van der Waals surface area contributed by atoms with Gasteiger partial charge in [0.25, 0.3) is 0 Å². The molecule has 0 spiro atoms. The molecule has 0 aromatic heterocycles. The third-order valence-corrected chi connectivity index (χ3v) is 4.77. The Kier molecular flexibility index (Phi) is 6.43. The van der Waals surface area contributed by atoms with Gasteiger partial charge in [0.15, 0.2) is 0 Å². The Morgan fingerprint density at radius 3 is 2.33 bits per heavy atom. The molecule has 4 heteroatoms. The van der Waals surface area contributed by atoms with Crippen LogP contribution in [0.2, 0.25) is 10.0 Å². The van der Waals surface area contributed by atoms with E-state index >= 15 is 0 Å². The standard InChI is InChI=1S/C17H19Cl2NS/c1-3-10-20-12(2)16-9-8-15(11-17(16)19)21-14-6-4-13(18)5-7-14/h4-9,11-12,20H,3,10H2,1-2H3. The molecular weight excluding hydrogens is 321 g/mol. The summed E-state index contributed by atoms with van der Waals surface area (Å²) in [4.78, 5) is 2.29. The number of hydrogen-bond donors (Lipinski definition) is 1. The van der Waals surface area contributed by atoms with Crippen molar-refractivity contribution in [3.8, 4) is 0 Å². The van der Waals surface area contributed by atoms with Crippen LogP contribution in [0.5, 0.6) is 0 Å². The second-order valence-electron chi connectivity index (χ2n) is 4.92. The first-order valence-corrected chi connectivity index (χ1v) is 8.63. The lowest BCUT2D eigenvalue weighted by molar-refractivity contribution is 0.570. The average molecular weight is 340 g/mol. The molecule has 0 bridgehead atoms. The smallest absolute Gasteiger partial charge is 0.0464 e. The van der Waals surface area contributed by atoms with Gasteiger partial charge in [-0.15, -0.1) is 0 Å². The number of halogens is 2. The lowest BCUT2D eigenvalue weighted by Crippen LogP contribution is -2.19. The molecule has 0 amide bonds. The van der Waals surface area contributed by atoms with E-state index in [0.29, 0.717) is 0 Å². The molecule has 21 heavy (non-hydrogen) atoms. The molecule has 1 atom stereocenters. The largest absolute Gasteiger partial charge is 0.310 e. The van der Waals surface area contributed by atoms with Crippen LogP contribution >= 0.6 is 35.0 Å². The first kappa shape index (κ1) is 16.7. The Morgan fingerprint density at radius 2 is 1.71 bits per heavy atom. The van der Waals surface area contributed by atoms with E-state index < -0.39 is 0 Å². The SMILES string of the molecule is CCCNC(C)c1ccc(Sc2ccc(Cl)cc2)cc1Cl. The summed E-state index contributed by atoms with van der Waals surface area (Å²) in [5, 5.41) is 5.02. The molecule has 2 aromatic carbocycles. The Balaban J connectivity index is 2.09. The van der Waals surface area contributed by atoms with Crippen LogP contribution in [0.3, 0.4) is 0 Å². The summed E-state index contributed by atoms with van der Waals surface area (Å²) in [6.07, 6.45) is 1.12. The van der Waals surface area contributed by atoms with E-state index in [1.165, 1.54) is 0 Å². The van der Waals surface area contributed by atoms with Gasteiger partial charge in [-0.25, -0.2) is 0 Å². The van der Waals surface area contributed by atoms with Crippen LogP contribution in [-0.2, 0) is 0 Å². The number of hydrogen-bond acceptors (Lipinski definition) is 2. The van der Waals surface area contributed by atoms with Crippen molar-refractivity contribution in [1.82, 2.24) is 5.32 Å². The molecule has 2 rings (SSSR count). The maximum absolute atomic E-state index is 6.42. The fourth-order valence-corrected chi connectivity index (χ4v) is 3.42. The van der Waals surface area contributed by atoms with Gasteiger partial charge in [0.05, 0.1) is 0 Å². The van der Waals surface area contributed by atoms with E-state index in [-0.39, 0.29) is 6.04 Å². The van der Waals surface area contributed by atoms with E-state index in [0.717, 1.165) is 38.4 Å². The minimum absolute atomic E-state index is 0.270. The Bertz CT molecular complexity index is 584. The summed E-state index contributed by atoms with van der Waals surface area (Å²) < 4.78 is 0. The topological polar surface area (TPSA) is 12.0 Å². The van der Waals surface area contributed by atoms with Crippen molar-refractivity contribution in [3.63, 3.8) is 0 Å². The molecule has 112 valence electrons. The Hall–Kier alpha value is -0.670. The van der Waals surface area contributed by atoms with Crippen molar-refractivity contribution in [2.75, 3.05) is 6.54 Å².